The number of aliphatic hydroxyl groups excluding tert-OH is 1. The normalized spacial score (nSPS) is 17.0. The van der Waals surface area contributed by atoms with Crippen LogP contribution in [-0.2, 0) is 5.54 Å². The van der Waals surface area contributed by atoms with Crippen LogP contribution in [-0.4, -0.2) is 11.7 Å². The van der Waals surface area contributed by atoms with Crippen molar-refractivity contribution in [3.63, 3.8) is 0 Å². The Morgan fingerprint density at radius 1 is 1.46 bits per heavy atom. The molecule has 0 aromatic carbocycles. The van der Waals surface area contributed by atoms with E-state index in [0.717, 1.165) is 5.56 Å². The summed E-state index contributed by atoms with van der Waals surface area (Å²) in [6.45, 7) is 6.01. The molecule has 0 radical (unpaired) electrons. The van der Waals surface area contributed by atoms with Gasteiger partial charge in [-0.15, -0.1) is 0 Å². The maximum absolute atomic E-state index is 9.25. The van der Waals surface area contributed by atoms with Crippen molar-refractivity contribution in [2.24, 2.45) is 11.1 Å². The van der Waals surface area contributed by atoms with Crippen molar-refractivity contribution in [3.8, 4) is 0 Å². The van der Waals surface area contributed by atoms with Crippen molar-refractivity contribution < 1.29 is 5.11 Å². The Kier molecular flexibility index (Phi) is 2.80. The molecule has 1 aromatic heterocycles. The molecule has 1 atom stereocenters. The first-order chi connectivity index (χ1) is 5.92. The van der Waals surface area contributed by atoms with E-state index in [9.17, 15) is 5.11 Å². The third kappa shape index (κ3) is 1.77. The van der Waals surface area contributed by atoms with Crippen molar-refractivity contribution in [2.45, 2.75) is 26.3 Å². The van der Waals surface area contributed by atoms with Gasteiger partial charge in [0.05, 0.1) is 6.61 Å². The summed E-state index contributed by atoms with van der Waals surface area (Å²) >= 11 is 1.63. The summed E-state index contributed by atoms with van der Waals surface area (Å²) in [6, 6.07) is 2.02. The SMILES string of the molecule is CC(C)(CO)C(C)(N)c1ccsc1. The van der Waals surface area contributed by atoms with Crippen LogP contribution in [0.3, 0.4) is 0 Å². The highest BCUT2D eigenvalue weighted by molar-refractivity contribution is 7.08. The predicted octanol–water partition coefficient (Wildman–Crippen LogP) is 1.94. The summed E-state index contributed by atoms with van der Waals surface area (Å²) in [5, 5.41) is 13.3. The number of nitrogens with two attached hydrogens (primary N) is 1. The van der Waals surface area contributed by atoms with E-state index in [1.807, 2.05) is 37.6 Å². The second-order valence-corrected chi connectivity index (χ2v) is 5.04. The zero-order chi connectivity index (χ0) is 10.1. The lowest BCUT2D eigenvalue weighted by Gasteiger charge is -2.39. The molecule has 2 nitrogen and oxygen atoms in total. The van der Waals surface area contributed by atoms with Gasteiger partial charge in [-0.3, -0.25) is 0 Å². The van der Waals surface area contributed by atoms with Crippen molar-refractivity contribution in [3.05, 3.63) is 22.4 Å². The summed E-state index contributed by atoms with van der Waals surface area (Å²) in [4.78, 5) is 0. The number of hydrogen-bond acceptors (Lipinski definition) is 3. The first-order valence-electron chi connectivity index (χ1n) is 4.34. The van der Waals surface area contributed by atoms with Gasteiger partial charge < -0.3 is 10.8 Å². The Morgan fingerprint density at radius 3 is 2.46 bits per heavy atom. The topological polar surface area (TPSA) is 46.2 Å². The van der Waals surface area contributed by atoms with E-state index in [2.05, 4.69) is 0 Å². The molecule has 0 aliphatic rings. The van der Waals surface area contributed by atoms with E-state index in [1.54, 1.807) is 11.3 Å². The molecular weight excluding hydrogens is 182 g/mol. The summed E-state index contributed by atoms with van der Waals surface area (Å²) in [6.07, 6.45) is 0. The molecular formula is C10H17NOS. The highest BCUT2D eigenvalue weighted by Gasteiger charge is 2.38. The van der Waals surface area contributed by atoms with Crippen molar-refractivity contribution >= 4 is 11.3 Å². The van der Waals surface area contributed by atoms with Crippen LogP contribution in [0, 0.1) is 5.41 Å². The van der Waals surface area contributed by atoms with Gasteiger partial charge in [0.1, 0.15) is 0 Å². The van der Waals surface area contributed by atoms with Gasteiger partial charge in [0.15, 0.2) is 0 Å². The molecule has 0 saturated carbocycles. The summed E-state index contributed by atoms with van der Waals surface area (Å²) in [7, 11) is 0. The van der Waals surface area contributed by atoms with Crippen LogP contribution in [0.4, 0.5) is 0 Å². The van der Waals surface area contributed by atoms with Gasteiger partial charge in [-0.05, 0) is 29.3 Å². The van der Waals surface area contributed by atoms with E-state index in [-0.39, 0.29) is 12.0 Å². The maximum Gasteiger partial charge on any atom is 0.0502 e. The first kappa shape index (κ1) is 10.7. The molecule has 0 bridgehead atoms. The second-order valence-electron chi connectivity index (χ2n) is 4.26. The average Bonchev–Trinajstić information content (AvgIpc) is 2.56. The maximum atomic E-state index is 9.25. The molecule has 3 heteroatoms. The van der Waals surface area contributed by atoms with Gasteiger partial charge in [0.2, 0.25) is 0 Å². The van der Waals surface area contributed by atoms with Gasteiger partial charge in [-0.25, -0.2) is 0 Å². The third-order valence-corrected chi connectivity index (χ3v) is 3.61. The number of thiophene rings is 1. The molecule has 0 spiro atoms. The van der Waals surface area contributed by atoms with Crippen LogP contribution in [0.2, 0.25) is 0 Å². The highest BCUT2D eigenvalue weighted by Crippen LogP contribution is 2.37. The minimum Gasteiger partial charge on any atom is -0.396 e. The molecule has 74 valence electrons. The minimum atomic E-state index is -0.470. The predicted molar refractivity (Wildman–Crippen MR) is 56.7 cm³/mol. The summed E-state index contributed by atoms with van der Waals surface area (Å²) < 4.78 is 0. The minimum absolute atomic E-state index is 0.0931. The molecule has 0 saturated heterocycles. The smallest absolute Gasteiger partial charge is 0.0502 e. The van der Waals surface area contributed by atoms with Gasteiger partial charge in [-0.2, -0.15) is 11.3 Å². The summed E-state index contributed by atoms with van der Waals surface area (Å²) in [5.41, 5.74) is 6.54. The Labute approximate surface area is 83.4 Å². The molecule has 0 fully saturated rings. The standard InChI is InChI=1S/C10H17NOS/c1-9(2,7-12)10(3,11)8-4-5-13-6-8/h4-6,12H,7,11H2,1-3H3. The largest absolute Gasteiger partial charge is 0.396 e. The molecule has 1 rings (SSSR count). The molecule has 1 unspecified atom stereocenters. The van der Waals surface area contributed by atoms with E-state index in [0.29, 0.717) is 0 Å². The van der Waals surface area contributed by atoms with Crippen LogP contribution in [0.25, 0.3) is 0 Å². The van der Waals surface area contributed by atoms with E-state index in [4.69, 9.17) is 5.73 Å². The van der Waals surface area contributed by atoms with Crippen LogP contribution in [0.15, 0.2) is 16.8 Å². The lowest BCUT2D eigenvalue weighted by Crippen LogP contribution is -2.49. The van der Waals surface area contributed by atoms with Crippen LogP contribution in [0.5, 0.6) is 0 Å². The van der Waals surface area contributed by atoms with E-state index < -0.39 is 5.54 Å². The monoisotopic (exact) mass is 199 g/mol. The second kappa shape index (κ2) is 3.40. The number of aliphatic hydroxyl groups is 1. The zero-order valence-corrected chi connectivity index (χ0v) is 9.19. The van der Waals surface area contributed by atoms with Gasteiger partial charge in [-0.1, -0.05) is 13.8 Å². The summed E-state index contributed by atoms with van der Waals surface area (Å²) in [5.74, 6) is 0. The lowest BCUT2D eigenvalue weighted by atomic mass is 9.71. The quantitative estimate of drug-likeness (QED) is 0.781. The molecule has 13 heavy (non-hydrogen) atoms. The highest BCUT2D eigenvalue weighted by atomic mass is 32.1. The Balaban J connectivity index is 3.02. The van der Waals surface area contributed by atoms with E-state index in [1.165, 1.54) is 0 Å². The van der Waals surface area contributed by atoms with Crippen molar-refractivity contribution in [1.29, 1.82) is 0 Å². The molecule has 0 amide bonds. The fourth-order valence-corrected chi connectivity index (χ4v) is 1.89. The number of hydrogen-bond donors (Lipinski definition) is 2. The fourth-order valence-electron chi connectivity index (χ4n) is 1.11. The zero-order valence-electron chi connectivity index (χ0n) is 8.37. The molecule has 3 N–H and O–H groups in total. The third-order valence-electron chi connectivity index (χ3n) is 2.92. The van der Waals surface area contributed by atoms with Crippen LogP contribution >= 0.6 is 11.3 Å². The number of rotatable bonds is 3. The fraction of sp³-hybridized carbons (Fsp3) is 0.600. The van der Waals surface area contributed by atoms with Gasteiger partial charge >= 0.3 is 0 Å². The van der Waals surface area contributed by atoms with Gasteiger partial charge in [0.25, 0.3) is 0 Å². The van der Waals surface area contributed by atoms with Gasteiger partial charge in [0, 0.05) is 11.0 Å². The Bertz CT molecular complexity index is 264. The molecule has 1 heterocycles. The molecule has 0 aliphatic heterocycles. The Morgan fingerprint density at radius 2 is 2.08 bits per heavy atom. The van der Waals surface area contributed by atoms with Crippen molar-refractivity contribution in [1.82, 2.24) is 0 Å². The first-order valence-corrected chi connectivity index (χ1v) is 5.28. The van der Waals surface area contributed by atoms with E-state index >= 15 is 0 Å². The van der Waals surface area contributed by atoms with Crippen LogP contribution in [0.1, 0.15) is 26.3 Å². The van der Waals surface area contributed by atoms with Crippen molar-refractivity contribution in [2.75, 3.05) is 6.61 Å². The molecule has 0 aliphatic carbocycles. The Hall–Kier alpha value is -0.380. The lowest BCUT2D eigenvalue weighted by molar-refractivity contribution is 0.0813. The molecule has 1 aromatic rings. The average molecular weight is 199 g/mol. The van der Waals surface area contributed by atoms with Crippen LogP contribution < -0.4 is 5.73 Å².